The molecule has 1 amide bonds. The number of fused-ring (bicyclic) bond motifs is 1. The topological polar surface area (TPSA) is 38.1 Å². The van der Waals surface area contributed by atoms with Crippen LogP contribution in [0.1, 0.15) is 28.0 Å². The molecule has 0 fully saturated rings. The standard InChI is InChI=1S/C20H15F4N3O/c21-16-5-1-3-13-4-2-11-26(18(13)16)19(28)14-6-8-15(9-7-14)27-12-10-17(25-27)20(22,23)24/h1,3,5-10,12H,2,4,11H2. The summed E-state index contributed by atoms with van der Waals surface area (Å²) in [7, 11) is 0. The molecular weight excluding hydrogens is 374 g/mol. The largest absolute Gasteiger partial charge is 0.435 e. The van der Waals surface area contributed by atoms with Crippen molar-refractivity contribution < 1.29 is 22.4 Å². The Labute approximate surface area is 158 Å². The Bertz CT molecular complexity index is 1020. The van der Waals surface area contributed by atoms with Gasteiger partial charge in [0.25, 0.3) is 5.91 Å². The Morgan fingerprint density at radius 2 is 1.79 bits per heavy atom. The van der Waals surface area contributed by atoms with Gasteiger partial charge in [-0.3, -0.25) is 4.79 Å². The van der Waals surface area contributed by atoms with Crippen molar-refractivity contribution in [3.8, 4) is 5.69 Å². The van der Waals surface area contributed by atoms with E-state index < -0.39 is 17.7 Å². The van der Waals surface area contributed by atoms with Gasteiger partial charge in [0, 0.05) is 18.3 Å². The minimum absolute atomic E-state index is 0.296. The van der Waals surface area contributed by atoms with Crippen LogP contribution in [0.3, 0.4) is 0 Å². The van der Waals surface area contributed by atoms with Gasteiger partial charge in [-0.25, -0.2) is 9.07 Å². The number of hydrogen-bond donors (Lipinski definition) is 0. The summed E-state index contributed by atoms with van der Waals surface area (Å²) in [5.41, 5.74) is 0.797. The van der Waals surface area contributed by atoms with E-state index in [-0.39, 0.29) is 5.91 Å². The van der Waals surface area contributed by atoms with Gasteiger partial charge in [-0.05, 0) is 54.8 Å². The van der Waals surface area contributed by atoms with E-state index in [1.165, 1.54) is 41.4 Å². The fraction of sp³-hybridized carbons (Fsp3) is 0.200. The highest BCUT2D eigenvalue weighted by Gasteiger charge is 2.33. The summed E-state index contributed by atoms with van der Waals surface area (Å²) < 4.78 is 53.4. The van der Waals surface area contributed by atoms with E-state index in [1.807, 2.05) is 0 Å². The molecule has 0 radical (unpaired) electrons. The molecule has 4 nitrogen and oxygen atoms in total. The van der Waals surface area contributed by atoms with Crippen LogP contribution in [0.2, 0.25) is 0 Å². The van der Waals surface area contributed by atoms with Crippen molar-refractivity contribution in [1.82, 2.24) is 9.78 Å². The Hall–Kier alpha value is -3.16. The van der Waals surface area contributed by atoms with Crippen LogP contribution in [0.25, 0.3) is 5.69 Å². The van der Waals surface area contributed by atoms with Crippen LogP contribution < -0.4 is 4.90 Å². The van der Waals surface area contributed by atoms with Crippen LogP contribution >= 0.6 is 0 Å². The molecule has 2 aromatic carbocycles. The van der Waals surface area contributed by atoms with Crippen LogP contribution in [-0.4, -0.2) is 22.2 Å². The van der Waals surface area contributed by atoms with Crippen molar-refractivity contribution in [2.75, 3.05) is 11.4 Å². The fourth-order valence-corrected chi connectivity index (χ4v) is 3.34. The SMILES string of the molecule is O=C(c1ccc(-n2ccc(C(F)(F)F)n2)cc1)N1CCCc2cccc(F)c21. The number of halogens is 4. The Balaban J connectivity index is 1.60. The Morgan fingerprint density at radius 3 is 2.46 bits per heavy atom. The van der Waals surface area contributed by atoms with Crippen LogP contribution in [-0.2, 0) is 12.6 Å². The van der Waals surface area contributed by atoms with Crippen LogP contribution in [0.5, 0.6) is 0 Å². The second kappa shape index (κ2) is 6.78. The maximum Gasteiger partial charge on any atom is 0.435 e. The number of amides is 1. The Kier molecular flexibility index (Phi) is 4.41. The lowest BCUT2D eigenvalue weighted by Gasteiger charge is -2.30. The number of rotatable bonds is 2. The summed E-state index contributed by atoms with van der Waals surface area (Å²) in [6.45, 7) is 0.405. The van der Waals surface area contributed by atoms with Gasteiger partial charge in [0.05, 0.1) is 11.4 Å². The molecule has 0 saturated carbocycles. The zero-order chi connectivity index (χ0) is 19.9. The number of aryl methyl sites for hydroxylation is 1. The zero-order valence-corrected chi connectivity index (χ0v) is 14.6. The molecule has 8 heteroatoms. The molecule has 0 saturated heterocycles. The van der Waals surface area contributed by atoms with Crippen LogP contribution in [0, 0.1) is 5.82 Å². The third-order valence-electron chi connectivity index (χ3n) is 4.67. The highest BCUT2D eigenvalue weighted by molar-refractivity contribution is 6.06. The van der Waals surface area contributed by atoms with E-state index in [4.69, 9.17) is 0 Å². The molecule has 144 valence electrons. The summed E-state index contributed by atoms with van der Waals surface area (Å²) in [5, 5.41) is 3.50. The lowest BCUT2D eigenvalue weighted by atomic mass is 10.0. The molecular formula is C20H15F4N3O. The van der Waals surface area contributed by atoms with E-state index in [1.54, 1.807) is 12.1 Å². The Morgan fingerprint density at radius 1 is 1.04 bits per heavy atom. The third-order valence-corrected chi connectivity index (χ3v) is 4.67. The summed E-state index contributed by atoms with van der Waals surface area (Å²) in [6, 6.07) is 11.6. The number of hydrogen-bond acceptors (Lipinski definition) is 2. The number of anilines is 1. The lowest BCUT2D eigenvalue weighted by molar-refractivity contribution is -0.141. The molecule has 1 aromatic heterocycles. The molecule has 3 aromatic rings. The summed E-state index contributed by atoms with van der Waals surface area (Å²) >= 11 is 0. The molecule has 0 atom stereocenters. The predicted molar refractivity (Wildman–Crippen MR) is 95.0 cm³/mol. The first-order valence-electron chi connectivity index (χ1n) is 8.67. The molecule has 0 bridgehead atoms. The minimum atomic E-state index is -4.52. The van der Waals surface area contributed by atoms with E-state index >= 15 is 0 Å². The van der Waals surface area contributed by atoms with Gasteiger partial charge in [0.2, 0.25) is 0 Å². The second-order valence-corrected chi connectivity index (χ2v) is 6.50. The molecule has 2 heterocycles. The summed E-state index contributed by atoms with van der Waals surface area (Å²) in [4.78, 5) is 14.3. The number of para-hydroxylation sites is 1. The molecule has 0 N–H and O–H groups in total. The monoisotopic (exact) mass is 389 g/mol. The van der Waals surface area contributed by atoms with Gasteiger partial charge in [0.15, 0.2) is 5.69 Å². The van der Waals surface area contributed by atoms with Gasteiger partial charge in [-0.1, -0.05) is 12.1 Å². The van der Waals surface area contributed by atoms with Gasteiger partial charge < -0.3 is 4.90 Å². The first-order valence-corrected chi connectivity index (χ1v) is 8.67. The molecule has 1 aliphatic rings. The minimum Gasteiger partial charge on any atom is -0.305 e. The van der Waals surface area contributed by atoms with Gasteiger partial charge in [-0.2, -0.15) is 18.3 Å². The molecule has 0 aliphatic carbocycles. The maximum absolute atomic E-state index is 14.3. The number of aromatic nitrogens is 2. The molecule has 4 rings (SSSR count). The quantitative estimate of drug-likeness (QED) is 0.600. The van der Waals surface area contributed by atoms with Crippen molar-refractivity contribution in [2.45, 2.75) is 19.0 Å². The number of carbonyl (C=O) groups excluding carboxylic acids is 1. The molecule has 0 unspecified atom stereocenters. The average Bonchev–Trinajstić information content (AvgIpc) is 3.18. The van der Waals surface area contributed by atoms with Gasteiger partial charge >= 0.3 is 6.18 Å². The smallest absolute Gasteiger partial charge is 0.305 e. The predicted octanol–water partition coefficient (Wildman–Crippen LogP) is 4.62. The van der Waals surface area contributed by atoms with Crippen molar-refractivity contribution >= 4 is 11.6 Å². The van der Waals surface area contributed by atoms with Crippen LogP contribution in [0.4, 0.5) is 23.2 Å². The normalized spacial score (nSPS) is 14.1. The van der Waals surface area contributed by atoms with Gasteiger partial charge in [-0.15, -0.1) is 0 Å². The van der Waals surface area contributed by atoms with Crippen LogP contribution in [0.15, 0.2) is 54.7 Å². The highest BCUT2D eigenvalue weighted by atomic mass is 19.4. The van der Waals surface area contributed by atoms with E-state index in [0.29, 0.717) is 29.9 Å². The first-order chi connectivity index (χ1) is 13.3. The first kappa shape index (κ1) is 18.2. The van der Waals surface area contributed by atoms with E-state index in [2.05, 4.69) is 5.10 Å². The maximum atomic E-state index is 14.3. The third kappa shape index (κ3) is 3.26. The zero-order valence-electron chi connectivity index (χ0n) is 14.6. The van der Waals surface area contributed by atoms with Crippen molar-refractivity contribution in [1.29, 1.82) is 0 Å². The second-order valence-electron chi connectivity index (χ2n) is 6.50. The lowest BCUT2D eigenvalue weighted by Crippen LogP contribution is -2.36. The van der Waals surface area contributed by atoms with E-state index in [9.17, 15) is 22.4 Å². The van der Waals surface area contributed by atoms with Gasteiger partial charge in [0.1, 0.15) is 5.82 Å². The number of carbonyl (C=O) groups is 1. The number of benzene rings is 2. The van der Waals surface area contributed by atoms with Crippen molar-refractivity contribution in [3.05, 3.63) is 77.4 Å². The molecule has 28 heavy (non-hydrogen) atoms. The van der Waals surface area contributed by atoms with Crippen molar-refractivity contribution in [2.24, 2.45) is 0 Å². The summed E-state index contributed by atoms with van der Waals surface area (Å²) in [5.74, 6) is -0.799. The molecule has 1 aliphatic heterocycles. The highest BCUT2D eigenvalue weighted by Crippen LogP contribution is 2.31. The number of alkyl halides is 3. The van der Waals surface area contributed by atoms with Crippen molar-refractivity contribution in [3.63, 3.8) is 0 Å². The average molecular weight is 389 g/mol. The number of nitrogens with zero attached hydrogens (tertiary/aromatic N) is 3. The fourth-order valence-electron chi connectivity index (χ4n) is 3.34. The molecule has 0 spiro atoms. The van der Waals surface area contributed by atoms with E-state index in [0.717, 1.165) is 22.7 Å². The summed E-state index contributed by atoms with van der Waals surface area (Å²) in [6.07, 6.45) is -1.88.